The molecule has 2 aliphatic heterocycles. The molecule has 1 aromatic rings. The number of oxime groups is 1. The van der Waals surface area contributed by atoms with Crippen LogP contribution in [0.2, 0.25) is 0 Å². The molecule has 2 aliphatic rings. The minimum Gasteiger partial charge on any atom is -0.477 e. The Morgan fingerprint density at radius 3 is 2.81 bits per heavy atom. The number of fused-ring (bicyclic) bond motifs is 1. The Morgan fingerprint density at radius 2 is 2.27 bits per heavy atom. The van der Waals surface area contributed by atoms with Crippen molar-refractivity contribution in [2.45, 2.75) is 24.8 Å². The van der Waals surface area contributed by atoms with E-state index in [0.29, 0.717) is 17.7 Å². The summed E-state index contributed by atoms with van der Waals surface area (Å²) in [7, 11) is 0. The Balaban J connectivity index is 1.77. The van der Waals surface area contributed by atoms with Crippen LogP contribution >= 0.6 is 23.1 Å². The van der Waals surface area contributed by atoms with Gasteiger partial charge in [0.05, 0.1) is 0 Å². The molecule has 3 rings (SSSR count). The standard InChI is InChI=1S/C14H15N5O5S2/c1-2-5-3-25-12-8(11(21)19(12)9(5)13(22)23)17-10(20)7(18-24)6-4-26-14(15)16-6/h4,8,12,24H,2-3H2,1H3,(H2,15,16)(H,17,20)(H,22,23)/b18-7-. The molecular formula is C14H15N5O5S2. The smallest absolute Gasteiger partial charge is 0.352 e. The molecule has 2 atom stereocenters. The van der Waals surface area contributed by atoms with Gasteiger partial charge in [0.1, 0.15) is 22.8 Å². The first-order valence-corrected chi connectivity index (χ1v) is 9.46. The average Bonchev–Trinajstić information content (AvgIpc) is 3.04. The maximum Gasteiger partial charge on any atom is 0.352 e. The number of anilines is 1. The third-order valence-corrected chi connectivity index (χ3v) is 6.06. The molecule has 5 N–H and O–H groups in total. The van der Waals surface area contributed by atoms with Crippen molar-refractivity contribution in [3.63, 3.8) is 0 Å². The number of rotatable bonds is 5. The van der Waals surface area contributed by atoms with Gasteiger partial charge >= 0.3 is 5.97 Å². The number of nitrogen functional groups attached to an aromatic ring is 1. The van der Waals surface area contributed by atoms with E-state index in [1.54, 1.807) is 0 Å². The lowest BCUT2D eigenvalue weighted by molar-refractivity contribution is -0.150. The first kappa shape index (κ1) is 18.2. The number of nitrogens with zero attached hydrogens (tertiary/aromatic N) is 3. The zero-order valence-corrected chi connectivity index (χ0v) is 15.1. The van der Waals surface area contributed by atoms with Crippen LogP contribution in [0.3, 0.4) is 0 Å². The summed E-state index contributed by atoms with van der Waals surface area (Å²) in [4.78, 5) is 41.4. The van der Waals surface area contributed by atoms with Crippen molar-refractivity contribution in [1.82, 2.24) is 15.2 Å². The van der Waals surface area contributed by atoms with Crippen molar-refractivity contribution < 1.29 is 24.7 Å². The lowest BCUT2D eigenvalue weighted by Gasteiger charge is -2.49. The monoisotopic (exact) mass is 397 g/mol. The molecule has 26 heavy (non-hydrogen) atoms. The molecule has 0 aliphatic carbocycles. The molecule has 0 saturated carbocycles. The summed E-state index contributed by atoms with van der Waals surface area (Å²) in [5.74, 6) is -2.02. The van der Waals surface area contributed by atoms with E-state index in [0.717, 1.165) is 11.3 Å². The van der Waals surface area contributed by atoms with E-state index in [-0.39, 0.29) is 22.2 Å². The Hall–Kier alpha value is -2.60. The molecule has 1 saturated heterocycles. The van der Waals surface area contributed by atoms with Gasteiger partial charge in [-0.3, -0.25) is 14.5 Å². The largest absolute Gasteiger partial charge is 0.477 e. The zero-order valence-electron chi connectivity index (χ0n) is 13.5. The fourth-order valence-corrected chi connectivity index (χ4v) is 4.77. The molecule has 12 heteroatoms. The summed E-state index contributed by atoms with van der Waals surface area (Å²) in [6.07, 6.45) is 0.523. The number of nitrogens with two attached hydrogens (primary N) is 1. The Morgan fingerprint density at radius 1 is 1.54 bits per heavy atom. The van der Waals surface area contributed by atoms with Crippen LogP contribution in [0.1, 0.15) is 19.0 Å². The van der Waals surface area contributed by atoms with Crippen molar-refractivity contribution in [3.8, 4) is 0 Å². The van der Waals surface area contributed by atoms with Gasteiger partial charge < -0.3 is 21.4 Å². The van der Waals surface area contributed by atoms with Crippen LogP contribution in [-0.2, 0) is 14.4 Å². The summed E-state index contributed by atoms with van der Waals surface area (Å²) >= 11 is 2.45. The van der Waals surface area contributed by atoms with Crippen molar-refractivity contribution in [2.75, 3.05) is 11.5 Å². The Bertz CT molecular complexity index is 849. The molecule has 1 fully saturated rings. The number of hydrogen-bond acceptors (Lipinski definition) is 9. The summed E-state index contributed by atoms with van der Waals surface area (Å²) in [6.45, 7) is 1.83. The van der Waals surface area contributed by atoms with E-state index in [4.69, 9.17) is 10.9 Å². The van der Waals surface area contributed by atoms with E-state index < -0.39 is 29.2 Å². The van der Waals surface area contributed by atoms with Crippen LogP contribution in [0.5, 0.6) is 0 Å². The molecule has 2 amide bonds. The minimum atomic E-state index is -1.17. The number of carboxylic acid groups (broad SMARTS) is 1. The molecule has 1 aromatic heterocycles. The number of β-lactam (4-membered cyclic amide) rings is 1. The molecule has 3 heterocycles. The second-order valence-corrected chi connectivity index (χ2v) is 7.49. The number of carboxylic acids is 1. The zero-order chi connectivity index (χ0) is 19.0. The molecule has 0 aromatic carbocycles. The fourth-order valence-electron chi connectivity index (χ4n) is 2.77. The van der Waals surface area contributed by atoms with Gasteiger partial charge in [-0.15, -0.1) is 23.1 Å². The quantitative estimate of drug-likeness (QED) is 0.235. The minimum absolute atomic E-state index is 0.0185. The van der Waals surface area contributed by atoms with Gasteiger partial charge in [0.15, 0.2) is 10.8 Å². The Labute approximate surface area is 155 Å². The summed E-state index contributed by atoms with van der Waals surface area (Å²) in [5.41, 5.74) is 5.88. The third-order valence-electron chi connectivity index (χ3n) is 4.04. The van der Waals surface area contributed by atoms with E-state index in [2.05, 4.69) is 15.5 Å². The number of nitrogens with one attached hydrogen (secondary N) is 1. The number of aromatic nitrogens is 1. The number of hydrogen-bond donors (Lipinski definition) is 4. The second kappa shape index (κ2) is 6.96. The average molecular weight is 397 g/mol. The fraction of sp³-hybridized carbons (Fsp3) is 0.357. The third kappa shape index (κ3) is 2.90. The molecule has 0 spiro atoms. The maximum absolute atomic E-state index is 12.4. The van der Waals surface area contributed by atoms with Gasteiger partial charge in [-0.25, -0.2) is 9.78 Å². The number of thiazole rings is 1. The van der Waals surface area contributed by atoms with Crippen molar-refractivity contribution in [3.05, 3.63) is 22.3 Å². The highest BCUT2D eigenvalue weighted by atomic mass is 32.2. The SMILES string of the molecule is CCC1=C(C(=O)O)N2C(=O)C(NC(=O)/C(=N\O)c3csc(N)n3)C2SC1. The number of carbonyl (C=O) groups excluding carboxylic acids is 2. The van der Waals surface area contributed by atoms with Crippen LogP contribution < -0.4 is 11.1 Å². The highest BCUT2D eigenvalue weighted by Gasteiger charge is 2.54. The topological polar surface area (TPSA) is 158 Å². The highest BCUT2D eigenvalue weighted by molar-refractivity contribution is 8.00. The first-order chi connectivity index (χ1) is 12.4. The van der Waals surface area contributed by atoms with Gasteiger partial charge in [0.2, 0.25) is 0 Å². The predicted molar refractivity (Wildman–Crippen MR) is 94.8 cm³/mol. The molecular weight excluding hydrogens is 382 g/mol. The van der Waals surface area contributed by atoms with Crippen molar-refractivity contribution in [2.24, 2.45) is 5.16 Å². The van der Waals surface area contributed by atoms with Crippen molar-refractivity contribution in [1.29, 1.82) is 0 Å². The van der Waals surface area contributed by atoms with E-state index in [1.165, 1.54) is 22.0 Å². The molecule has 2 unspecified atom stereocenters. The van der Waals surface area contributed by atoms with Gasteiger partial charge in [-0.1, -0.05) is 12.1 Å². The summed E-state index contributed by atoms with van der Waals surface area (Å²) < 4.78 is 0. The summed E-state index contributed by atoms with van der Waals surface area (Å²) in [5, 5.41) is 25.1. The van der Waals surface area contributed by atoms with E-state index >= 15 is 0 Å². The van der Waals surface area contributed by atoms with Crippen LogP contribution in [-0.4, -0.2) is 60.9 Å². The molecule has 0 bridgehead atoms. The number of aliphatic carboxylic acids is 1. The van der Waals surface area contributed by atoms with Gasteiger partial charge in [-0.2, -0.15) is 0 Å². The number of thioether (sulfide) groups is 1. The first-order valence-electron chi connectivity index (χ1n) is 7.53. The maximum atomic E-state index is 12.4. The van der Waals surface area contributed by atoms with E-state index in [9.17, 15) is 19.5 Å². The van der Waals surface area contributed by atoms with E-state index in [1.807, 2.05) is 6.92 Å². The number of amides is 2. The van der Waals surface area contributed by atoms with Crippen LogP contribution in [0.25, 0.3) is 0 Å². The lowest BCUT2D eigenvalue weighted by atomic mass is 10.0. The van der Waals surface area contributed by atoms with Gasteiger partial charge in [0.25, 0.3) is 11.8 Å². The van der Waals surface area contributed by atoms with Gasteiger partial charge in [0, 0.05) is 11.1 Å². The number of carbonyl (C=O) groups is 3. The lowest BCUT2D eigenvalue weighted by Crippen LogP contribution is -2.71. The van der Waals surface area contributed by atoms with Crippen molar-refractivity contribution >= 4 is 51.7 Å². The highest BCUT2D eigenvalue weighted by Crippen LogP contribution is 2.41. The van der Waals surface area contributed by atoms with Crippen LogP contribution in [0, 0.1) is 0 Å². The summed E-state index contributed by atoms with van der Waals surface area (Å²) in [6, 6.07) is -0.909. The molecule has 0 radical (unpaired) electrons. The Kier molecular flexibility index (Phi) is 4.87. The predicted octanol–water partition coefficient (Wildman–Crippen LogP) is 0.0522. The van der Waals surface area contributed by atoms with Crippen LogP contribution in [0.15, 0.2) is 21.8 Å². The molecule has 138 valence electrons. The normalized spacial score (nSPS) is 22.7. The van der Waals surface area contributed by atoms with Crippen LogP contribution in [0.4, 0.5) is 5.13 Å². The molecule has 10 nitrogen and oxygen atoms in total. The van der Waals surface area contributed by atoms with Gasteiger partial charge in [-0.05, 0) is 12.0 Å². The second-order valence-electron chi connectivity index (χ2n) is 5.49.